The number of rotatable bonds is 4. The average Bonchev–Trinajstić information content (AvgIpc) is 2.60. The van der Waals surface area contributed by atoms with Crippen LogP contribution in [0.25, 0.3) is 5.69 Å². The van der Waals surface area contributed by atoms with E-state index in [-0.39, 0.29) is 5.02 Å². The lowest BCUT2D eigenvalue weighted by Gasteiger charge is -2.07. The molecule has 23 heavy (non-hydrogen) atoms. The lowest BCUT2D eigenvalue weighted by atomic mass is 10.2. The Balaban J connectivity index is 1.84. The molecular formula is C17H13ClN4O. The molecule has 3 rings (SSSR count). The first kappa shape index (κ1) is 15.0. The van der Waals surface area contributed by atoms with E-state index in [2.05, 4.69) is 15.6 Å². The smallest absolute Gasteiger partial charge is 0.275 e. The van der Waals surface area contributed by atoms with E-state index in [1.165, 1.54) is 10.9 Å². The van der Waals surface area contributed by atoms with E-state index in [1.807, 2.05) is 48.5 Å². The summed E-state index contributed by atoms with van der Waals surface area (Å²) in [5, 5.41) is 8.22. The van der Waals surface area contributed by atoms with Crippen LogP contribution >= 0.6 is 11.6 Å². The fourth-order valence-corrected chi connectivity index (χ4v) is 2.15. The molecule has 0 atom stereocenters. The first-order valence-corrected chi connectivity index (χ1v) is 7.31. The minimum absolute atomic E-state index is 0.0362. The number of hydrazone groups is 1. The number of nitrogens with zero attached hydrogens (tertiary/aromatic N) is 3. The van der Waals surface area contributed by atoms with Gasteiger partial charge in [-0.2, -0.15) is 14.9 Å². The molecule has 0 bridgehead atoms. The molecule has 0 aliphatic rings. The van der Waals surface area contributed by atoms with Crippen LogP contribution in [0.15, 0.2) is 76.8 Å². The van der Waals surface area contributed by atoms with E-state index in [0.29, 0.717) is 11.4 Å². The van der Waals surface area contributed by atoms with Gasteiger partial charge in [0, 0.05) is 0 Å². The molecule has 0 unspecified atom stereocenters. The Hall–Kier alpha value is -2.92. The summed E-state index contributed by atoms with van der Waals surface area (Å²) >= 11 is 6.12. The second-order valence-corrected chi connectivity index (χ2v) is 5.08. The highest BCUT2D eigenvalue weighted by molar-refractivity contribution is 6.32. The normalized spacial score (nSPS) is 10.8. The van der Waals surface area contributed by atoms with Crippen LogP contribution in [-0.4, -0.2) is 16.0 Å². The third-order valence-electron chi connectivity index (χ3n) is 3.12. The summed E-state index contributed by atoms with van der Waals surface area (Å²) in [6.45, 7) is 0. The predicted octanol–water partition coefficient (Wildman–Crippen LogP) is 3.33. The molecule has 114 valence electrons. The van der Waals surface area contributed by atoms with E-state index in [9.17, 15) is 4.79 Å². The standard InChI is InChI=1S/C17H13ClN4O/c18-16-15(21-19-11-13-7-3-1-4-8-13)12-20-22(17(16)23)14-9-5-2-6-10-14/h1-12,21H/b19-11+. The van der Waals surface area contributed by atoms with Crippen LogP contribution in [0, 0.1) is 0 Å². The molecule has 1 heterocycles. The molecule has 3 aromatic rings. The summed E-state index contributed by atoms with van der Waals surface area (Å²) in [5.41, 5.74) is 4.28. The molecule has 0 spiro atoms. The number of nitrogens with one attached hydrogen (secondary N) is 1. The monoisotopic (exact) mass is 324 g/mol. The third-order valence-corrected chi connectivity index (χ3v) is 3.48. The Morgan fingerprint density at radius 1 is 1.04 bits per heavy atom. The van der Waals surface area contributed by atoms with Crippen molar-refractivity contribution in [1.82, 2.24) is 9.78 Å². The molecule has 2 aromatic carbocycles. The maximum Gasteiger partial charge on any atom is 0.292 e. The largest absolute Gasteiger partial charge is 0.292 e. The summed E-state index contributed by atoms with van der Waals surface area (Å²) in [6.07, 6.45) is 3.11. The van der Waals surface area contributed by atoms with Gasteiger partial charge in [-0.15, -0.1) is 0 Å². The van der Waals surface area contributed by atoms with Crippen molar-refractivity contribution < 1.29 is 0 Å². The van der Waals surface area contributed by atoms with Crippen molar-refractivity contribution in [2.75, 3.05) is 5.43 Å². The molecule has 0 fully saturated rings. The van der Waals surface area contributed by atoms with E-state index >= 15 is 0 Å². The Morgan fingerprint density at radius 3 is 2.39 bits per heavy atom. The van der Waals surface area contributed by atoms with Crippen LogP contribution in [0.5, 0.6) is 0 Å². The quantitative estimate of drug-likeness (QED) is 0.591. The second kappa shape index (κ2) is 6.89. The van der Waals surface area contributed by atoms with E-state index < -0.39 is 5.56 Å². The number of halogens is 1. The van der Waals surface area contributed by atoms with Gasteiger partial charge in [0.15, 0.2) is 0 Å². The maximum atomic E-state index is 12.3. The van der Waals surface area contributed by atoms with Gasteiger partial charge in [-0.25, -0.2) is 0 Å². The van der Waals surface area contributed by atoms with Gasteiger partial charge in [0.2, 0.25) is 0 Å². The average molecular weight is 325 g/mol. The third kappa shape index (κ3) is 3.46. The first-order chi connectivity index (χ1) is 11.3. The Labute approximate surface area is 137 Å². The second-order valence-electron chi connectivity index (χ2n) is 4.71. The zero-order valence-corrected chi connectivity index (χ0v) is 12.8. The minimum atomic E-state index is -0.405. The molecule has 0 saturated heterocycles. The summed E-state index contributed by atoms with van der Waals surface area (Å²) in [4.78, 5) is 12.3. The Bertz CT molecular complexity index is 876. The zero-order valence-electron chi connectivity index (χ0n) is 12.1. The maximum absolute atomic E-state index is 12.3. The van der Waals surface area contributed by atoms with Crippen LogP contribution < -0.4 is 11.0 Å². The number of anilines is 1. The molecule has 5 nitrogen and oxygen atoms in total. The topological polar surface area (TPSA) is 59.3 Å². The number of para-hydroxylation sites is 1. The molecule has 0 radical (unpaired) electrons. The van der Waals surface area contributed by atoms with Crippen molar-refractivity contribution in [3.8, 4) is 5.69 Å². The van der Waals surface area contributed by atoms with E-state index in [4.69, 9.17) is 11.6 Å². The zero-order chi connectivity index (χ0) is 16.1. The SMILES string of the molecule is O=c1c(Cl)c(N/N=C/c2ccccc2)cnn1-c1ccccc1. The number of aromatic nitrogens is 2. The molecule has 1 aromatic heterocycles. The summed E-state index contributed by atoms with van der Waals surface area (Å²) < 4.78 is 1.24. The van der Waals surface area contributed by atoms with Crippen LogP contribution in [-0.2, 0) is 0 Å². The van der Waals surface area contributed by atoms with Gasteiger partial charge in [0.25, 0.3) is 5.56 Å². The Kier molecular flexibility index (Phi) is 4.49. The van der Waals surface area contributed by atoms with Crippen molar-refractivity contribution in [3.63, 3.8) is 0 Å². The highest BCUT2D eigenvalue weighted by Gasteiger charge is 2.09. The first-order valence-electron chi connectivity index (χ1n) is 6.93. The summed E-state index contributed by atoms with van der Waals surface area (Å²) in [5.74, 6) is 0. The molecule has 0 aliphatic carbocycles. The molecule has 1 N–H and O–H groups in total. The molecule has 0 amide bonds. The van der Waals surface area contributed by atoms with Crippen LogP contribution in [0.3, 0.4) is 0 Å². The van der Waals surface area contributed by atoms with Gasteiger partial charge >= 0.3 is 0 Å². The lowest BCUT2D eigenvalue weighted by molar-refractivity contribution is 0.808. The molecular weight excluding hydrogens is 312 g/mol. The van der Waals surface area contributed by atoms with Gasteiger partial charge in [-0.05, 0) is 17.7 Å². The lowest BCUT2D eigenvalue weighted by Crippen LogP contribution is -2.22. The van der Waals surface area contributed by atoms with E-state index in [0.717, 1.165) is 5.56 Å². The van der Waals surface area contributed by atoms with Crippen molar-refractivity contribution in [2.24, 2.45) is 5.10 Å². The summed E-state index contributed by atoms with van der Waals surface area (Å²) in [6, 6.07) is 18.7. The van der Waals surface area contributed by atoms with Crippen molar-refractivity contribution >= 4 is 23.5 Å². The van der Waals surface area contributed by atoms with Crippen LogP contribution in [0.4, 0.5) is 5.69 Å². The van der Waals surface area contributed by atoms with Crippen LogP contribution in [0.2, 0.25) is 5.02 Å². The minimum Gasteiger partial charge on any atom is -0.275 e. The van der Waals surface area contributed by atoms with Gasteiger partial charge < -0.3 is 0 Å². The number of benzene rings is 2. The van der Waals surface area contributed by atoms with Crippen molar-refractivity contribution in [1.29, 1.82) is 0 Å². The summed E-state index contributed by atoms with van der Waals surface area (Å²) in [7, 11) is 0. The molecule has 0 aliphatic heterocycles. The van der Waals surface area contributed by atoms with Gasteiger partial charge in [-0.3, -0.25) is 10.2 Å². The van der Waals surface area contributed by atoms with Crippen LogP contribution in [0.1, 0.15) is 5.56 Å². The fourth-order valence-electron chi connectivity index (χ4n) is 1.98. The van der Waals surface area contributed by atoms with Crippen molar-refractivity contribution in [3.05, 3.63) is 87.8 Å². The predicted molar refractivity (Wildman–Crippen MR) is 92.5 cm³/mol. The van der Waals surface area contributed by atoms with Crippen molar-refractivity contribution in [2.45, 2.75) is 0 Å². The Morgan fingerprint density at radius 2 is 1.70 bits per heavy atom. The van der Waals surface area contributed by atoms with Gasteiger partial charge in [0.05, 0.1) is 18.1 Å². The number of hydrogen-bond acceptors (Lipinski definition) is 4. The number of hydrogen-bond donors (Lipinski definition) is 1. The van der Waals surface area contributed by atoms with Gasteiger partial charge in [0.1, 0.15) is 10.7 Å². The fraction of sp³-hybridized carbons (Fsp3) is 0. The molecule has 6 heteroatoms. The molecule has 0 saturated carbocycles. The highest BCUT2D eigenvalue weighted by atomic mass is 35.5. The van der Waals surface area contributed by atoms with E-state index in [1.54, 1.807) is 18.3 Å². The highest BCUT2D eigenvalue weighted by Crippen LogP contribution is 2.16. The van der Waals surface area contributed by atoms with Gasteiger partial charge in [-0.1, -0.05) is 60.1 Å².